The fourth-order valence-electron chi connectivity index (χ4n) is 2.95. The van der Waals surface area contributed by atoms with Gasteiger partial charge in [0.25, 0.3) is 5.91 Å². The van der Waals surface area contributed by atoms with Gasteiger partial charge >= 0.3 is 0 Å². The number of benzene rings is 1. The molecule has 1 aliphatic rings. The Labute approximate surface area is 149 Å². The van der Waals surface area contributed by atoms with Gasteiger partial charge in [0.1, 0.15) is 5.69 Å². The molecule has 1 atom stereocenters. The first-order chi connectivity index (χ1) is 11.2. The van der Waals surface area contributed by atoms with E-state index < -0.39 is 0 Å². The number of carbonyl (C=O) groups excluding carboxylic acids is 1. The van der Waals surface area contributed by atoms with Gasteiger partial charge in [-0.2, -0.15) is 5.10 Å². The van der Waals surface area contributed by atoms with Gasteiger partial charge in [-0.15, -0.1) is 12.4 Å². The second-order valence-corrected chi connectivity index (χ2v) is 6.14. The lowest BCUT2D eigenvalue weighted by Crippen LogP contribution is -2.32. The van der Waals surface area contributed by atoms with Gasteiger partial charge in [-0.05, 0) is 37.4 Å². The number of nitrogens with one attached hydrogen (secondary N) is 1. The Morgan fingerprint density at radius 3 is 2.83 bits per heavy atom. The number of carbonyl (C=O) groups is 1. The van der Waals surface area contributed by atoms with E-state index in [2.05, 4.69) is 22.5 Å². The summed E-state index contributed by atoms with van der Waals surface area (Å²) in [5.74, 6) is -0.0107. The maximum absolute atomic E-state index is 12.5. The van der Waals surface area contributed by atoms with Crippen LogP contribution in [0, 0.1) is 0 Å². The van der Waals surface area contributed by atoms with Crippen molar-refractivity contribution in [2.24, 2.45) is 0 Å². The van der Waals surface area contributed by atoms with Crippen LogP contribution in [0.5, 0.6) is 0 Å². The van der Waals surface area contributed by atoms with Crippen LogP contribution in [0.15, 0.2) is 42.6 Å². The standard InChI is InChI=1S/C18H24N4O.ClH/c1-21(12-9-15-6-3-2-4-7-15)18(23)17-10-13-22(20-17)16-8-5-11-19-14-16;/h2-4,6-7,10,13,16,19H,5,8-9,11-12,14H2,1H3;1H. The highest BCUT2D eigenvalue weighted by Crippen LogP contribution is 2.16. The number of hydrogen-bond acceptors (Lipinski definition) is 3. The lowest BCUT2D eigenvalue weighted by Gasteiger charge is -2.23. The predicted octanol–water partition coefficient (Wildman–Crippen LogP) is 2.54. The first-order valence-corrected chi connectivity index (χ1v) is 8.29. The maximum atomic E-state index is 12.5. The molecule has 1 unspecified atom stereocenters. The van der Waals surface area contributed by atoms with Gasteiger partial charge in [0.05, 0.1) is 6.04 Å². The molecule has 1 aliphatic heterocycles. The third-order valence-electron chi connectivity index (χ3n) is 4.40. The zero-order chi connectivity index (χ0) is 16.1. The fourth-order valence-corrected chi connectivity index (χ4v) is 2.95. The molecule has 24 heavy (non-hydrogen) atoms. The molecule has 1 aromatic heterocycles. The van der Waals surface area contributed by atoms with Gasteiger partial charge in [0.2, 0.25) is 0 Å². The molecular weight excluding hydrogens is 324 g/mol. The topological polar surface area (TPSA) is 50.2 Å². The van der Waals surface area contributed by atoms with Crippen LogP contribution in [0.2, 0.25) is 0 Å². The van der Waals surface area contributed by atoms with Crippen molar-refractivity contribution in [3.05, 3.63) is 53.9 Å². The molecule has 0 radical (unpaired) electrons. The van der Waals surface area contributed by atoms with E-state index in [4.69, 9.17) is 0 Å². The van der Waals surface area contributed by atoms with Crippen LogP contribution in [0.4, 0.5) is 0 Å². The van der Waals surface area contributed by atoms with Crippen molar-refractivity contribution in [2.45, 2.75) is 25.3 Å². The van der Waals surface area contributed by atoms with Gasteiger partial charge in [0, 0.05) is 26.3 Å². The summed E-state index contributed by atoms with van der Waals surface area (Å²) in [6.45, 7) is 2.70. The van der Waals surface area contributed by atoms with Crippen molar-refractivity contribution in [1.82, 2.24) is 20.0 Å². The molecule has 3 rings (SSSR count). The van der Waals surface area contributed by atoms with E-state index >= 15 is 0 Å². The first kappa shape index (κ1) is 18.5. The number of piperidine rings is 1. The summed E-state index contributed by atoms with van der Waals surface area (Å²) in [4.78, 5) is 14.2. The minimum absolute atomic E-state index is 0. The highest BCUT2D eigenvalue weighted by atomic mass is 35.5. The summed E-state index contributed by atoms with van der Waals surface area (Å²) in [6, 6.07) is 12.4. The van der Waals surface area contributed by atoms with Gasteiger partial charge in [-0.25, -0.2) is 0 Å². The minimum Gasteiger partial charge on any atom is -0.340 e. The number of nitrogens with zero attached hydrogens (tertiary/aromatic N) is 3. The Bertz CT molecular complexity index is 637. The van der Waals surface area contributed by atoms with Crippen molar-refractivity contribution < 1.29 is 4.79 Å². The zero-order valence-electron chi connectivity index (χ0n) is 14.0. The molecule has 0 spiro atoms. The minimum atomic E-state index is -0.0107. The molecule has 2 aromatic rings. The van der Waals surface area contributed by atoms with Gasteiger partial charge in [-0.1, -0.05) is 30.3 Å². The maximum Gasteiger partial charge on any atom is 0.274 e. The van der Waals surface area contributed by atoms with Crippen molar-refractivity contribution in [3.63, 3.8) is 0 Å². The van der Waals surface area contributed by atoms with Crippen LogP contribution in [-0.4, -0.2) is 47.3 Å². The fraction of sp³-hybridized carbons (Fsp3) is 0.444. The molecule has 1 amide bonds. The molecule has 0 aliphatic carbocycles. The average molecular weight is 349 g/mol. The molecule has 130 valence electrons. The molecule has 1 N–H and O–H groups in total. The normalized spacial score (nSPS) is 17.1. The summed E-state index contributed by atoms with van der Waals surface area (Å²) in [7, 11) is 1.84. The predicted molar refractivity (Wildman–Crippen MR) is 97.7 cm³/mol. The summed E-state index contributed by atoms with van der Waals surface area (Å²) < 4.78 is 1.93. The van der Waals surface area contributed by atoms with Gasteiger partial charge in [0.15, 0.2) is 0 Å². The second kappa shape index (κ2) is 8.85. The molecular formula is C18H25ClN4O. The van der Waals surface area contributed by atoms with E-state index in [-0.39, 0.29) is 18.3 Å². The monoisotopic (exact) mass is 348 g/mol. The summed E-state index contributed by atoms with van der Waals surface area (Å²) in [5.41, 5.74) is 1.78. The quantitative estimate of drug-likeness (QED) is 0.903. The molecule has 1 fully saturated rings. The van der Waals surface area contributed by atoms with E-state index in [1.165, 1.54) is 5.56 Å². The first-order valence-electron chi connectivity index (χ1n) is 8.29. The molecule has 2 heterocycles. The van der Waals surface area contributed by atoms with E-state index in [1.807, 2.05) is 42.2 Å². The SMILES string of the molecule is CN(CCc1ccccc1)C(=O)c1ccn(C2CCCNC2)n1.Cl. The van der Waals surface area contributed by atoms with Crippen molar-refractivity contribution in [2.75, 3.05) is 26.7 Å². The smallest absolute Gasteiger partial charge is 0.274 e. The summed E-state index contributed by atoms with van der Waals surface area (Å²) >= 11 is 0. The second-order valence-electron chi connectivity index (χ2n) is 6.14. The Kier molecular flexibility index (Phi) is 6.82. The number of likely N-dealkylation sites (N-methyl/N-ethyl adjacent to an activating group) is 1. The zero-order valence-corrected chi connectivity index (χ0v) is 14.8. The Morgan fingerprint density at radius 1 is 1.33 bits per heavy atom. The largest absolute Gasteiger partial charge is 0.340 e. The number of aromatic nitrogens is 2. The lowest BCUT2D eigenvalue weighted by molar-refractivity contribution is 0.0789. The number of halogens is 1. The highest BCUT2D eigenvalue weighted by molar-refractivity contribution is 5.92. The summed E-state index contributed by atoms with van der Waals surface area (Å²) in [6.07, 6.45) is 5.06. The average Bonchev–Trinajstić information content (AvgIpc) is 3.11. The van der Waals surface area contributed by atoms with Crippen molar-refractivity contribution in [1.29, 1.82) is 0 Å². The van der Waals surface area contributed by atoms with E-state index in [1.54, 1.807) is 4.90 Å². The Balaban J connectivity index is 0.00000208. The van der Waals surface area contributed by atoms with Gasteiger partial charge in [-0.3, -0.25) is 9.48 Å². The van der Waals surface area contributed by atoms with Crippen LogP contribution < -0.4 is 5.32 Å². The van der Waals surface area contributed by atoms with Crippen LogP contribution in [0.1, 0.15) is 34.9 Å². The third kappa shape index (κ3) is 4.58. The van der Waals surface area contributed by atoms with E-state index in [0.29, 0.717) is 18.3 Å². The van der Waals surface area contributed by atoms with Crippen LogP contribution in [0.3, 0.4) is 0 Å². The van der Waals surface area contributed by atoms with E-state index in [0.717, 1.165) is 32.4 Å². The van der Waals surface area contributed by atoms with Crippen molar-refractivity contribution >= 4 is 18.3 Å². The summed E-state index contributed by atoms with van der Waals surface area (Å²) in [5, 5.41) is 7.87. The number of hydrogen-bond donors (Lipinski definition) is 1. The van der Waals surface area contributed by atoms with Crippen LogP contribution in [0.25, 0.3) is 0 Å². The number of amides is 1. The lowest BCUT2D eigenvalue weighted by atomic mass is 10.1. The molecule has 0 bridgehead atoms. The van der Waals surface area contributed by atoms with Crippen LogP contribution in [-0.2, 0) is 6.42 Å². The van der Waals surface area contributed by atoms with Crippen molar-refractivity contribution in [3.8, 4) is 0 Å². The molecule has 1 aromatic carbocycles. The number of rotatable bonds is 5. The molecule has 1 saturated heterocycles. The molecule has 6 heteroatoms. The molecule has 0 saturated carbocycles. The Morgan fingerprint density at radius 2 is 2.12 bits per heavy atom. The highest BCUT2D eigenvalue weighted by Gasteiger charge is 2.19. The third-order valence-corrected chi connectivity index (χ3v) is 4.40. The van der Waals surface area contributed by atoms with E-state index in [9.17, 15) is 4.79 Å². The molecule has 5 nitrogen and oxygen atoms in total. The van der Waals surface area contributed by atoms with Gasteiger partial charge < -0.3 is 10.2 Å². The Hall–Kier alpha value is -1.85. The van der Waals surface area contributed by atoms with Crippen LogP contribution >= 0.6 is 12.4 Å².